The van der Waals surface area contributed by atoms with Crippen molar-refractivity contribution >= 4 is 22.6 Å². The molecule has 0 aliphatic heterocycles. The van der Waals surface area contributed by atoms with E-state index < -0.39 is 5.97 Å². The molecule has 18 heavy (non-hydrogen) atoms. The number of fused-ring (bicyclic) bond motifs is 1. The van der Waals surface area contributed by atoms with Crippen LogP contribution in [0.5, 0.6) is 0 Å². The summed E-state index contributed by atoms with van der Waals surface area (Å²) in [6, 6.07) is 8.90. The molecule has 0 saturated carbocycles. The number of nitrogens with zero attached hydrogens (tertiary/aromatic N) is 1. The second-order valence-electron chi connectivity index (χ2n) is 3.74. The van der Waals surface area contributed by atoms with Crippen LogP contribution in [0, 0.1) is 0 Å². The number of carbonyl (C=O) groups is 1. The first kappa shape index (κ1) is 12.3. The van der Waals surface area contributed by atoms with Gasteiger partial charge in [0.15, 0.2) is 5.69 Å². The third-order valence-corrected chi connectivity index (χ3v) is 2.48. The lowest BCUT2D eigenvalue weighted by molar-refractivity contribution is 0.0382. The highest BCUT2D eigenvalue weighted by Crippen LogP contribution is 2.20. The van der Waals surface area contributed by atoms with E-state index in [9.17, 15) is 4.79 Å². The highest BCUT2D eigenvalue weighted by molar-refractivity contribution is 5.96. The standard InChI is InChI=1S/C13H14N2O3/c1-17-6-7-18-13(16)12-8-10(14)9-4-2-3-5-11(9)15-12/h2-5,8H,6-7H2,1H3,(H2,14,15). The number of ether oxygens (including phenoxy) is 2. The number of pyridine rings is 1. The maximum atomic E-state index is 11.7. The van der Waals surface area contributed by atoms with E-state index in [1.54, 1.807) is 13.2 Å². The molecule has 0 aliphatic rings. The highest BCUT2D eigenvalue weighted by Gasteiger charge is 2.11. The molecule has 2 aromatic rings. The number of nitrogens with two attached hydrogens (primary N) is 1. The van der Waals surface area contributed by atoms with Gasteiger partial charge < -0.3 is 15.2 Å². The fourth-order valence-electron chi connectivity index (χ4n) is 1.60. The Hall–Kier alpha value is -2.14. The number of hydrogen-bond donors (Lipinski definition) is 1. The van der Waals surface area contributed by atoms with Crippen molar-refractivity contribution in [1.82, 2.24) is 4.98 Å². The minimum absolute atomic E-state index is 0.198. The zero-order chi connectivity index (χ0) is 13.0. The molecule has 2 N–H and O–H groups in total. The van der Waals surface area contributed by atoms with Crippen LogP contribution in [0.4, 0.5) is 5.69 Å². The second kappa shape index (κ2) is 5.46. The Morgan fingerprint density at radius 3 is 2.89 bits per heavy atom. The smallest absolute Gasteiger partial charge is 0.357 e. The van der Waals surface area contributed by atoms with E-state index in [-0.39, 0.29) is 12.3 Å². The monoisotopic (exact) mass is 246 g/mol. The molecule has 0 aliphatic carbocycles. The van der Waals surface area contributed by atoms with Crippen LogP contribution in [0.15, 0.2) is 30.3 Å². The minimum atomic E-state index is -0.496. The number of nitrogen functional groups attached to an aromatic ring is 1. The number of carbonyl (C=O) groups excluding carboxylic acids is 1. The fourth-order valence-corrected chi connectivity index (χ4v) is 1.60. The Bertz CT molecular complexity index is 569. The topological polar surface area (TPSA) is 74.4 Å². The molecule has 5 nitrogen and oxygen atoms in total. The maximum absolute atomic E-state index is 11.7. The lowest BCUT2D eigenvalue weighted by Crippen LogP contribution is -2.12. The number of methoxy groups -OCH3 is 1. The Labute approximate surface area is 105 Å². The van der Waals surface area contributed by atoms with Crippen LogP contribution < -0.4 is 5.73 Å². The molecule has 1 aromatic carbocycles. The molecule has 2 rings (SSSR count). The number of rotatable bonds is 4. The van der Waals surface area contributed by atoms with Crippen LogP contribution >= 0.6 is 0 Å². The van der Waals surface area contributed by atoms with Crippen molar-refractivity contribution in [2.75, 3.05) is 26.1 Å². The molecule has 0 unspecified atom stereocenters. The molecule has 0 amide bonds. The van der Waals surface area contributed by atoms with Crippen LogP contribution in [0.3, 0.4) is 0 Å². The molecular formula is C13H14N2O3. The van der Waals surface area contributed by atoms with E-state index in [4.69, 9.17) is 15.2 Å². The number of esters is 1. The van der Waals surface area contributed by atoms with Crippen molar-refractivity contribution < 1.29 is 14.3 Å². The second-order valence-corrected chi connectivity index (χ2v) is 3.74. The van der Waals surface area contributed by atoms with E-state index >= 15 is 0 Å². The number of anilines is 1. The number of para-hydroxylation sites is 1. The summed E-state index contributed by atoms with van der Waals surface area (Å²) in [6.45, 7) is 0.554. The van der Waals surface area contributed by atoms with Gasteiger partial charge in [0.1, 0.15) is 6.61 Å². The molecular weight excluding hydrogens is 232 g/mol. The van der Waals surface area contributed by atoms with E-state index in [0.717, 1.165) is 5.39 Å². The van der Waals surface area contributed by atoms with E-state index in [0.29, 0.717) is 17.8 Å². The van der Waals surface area contributed by atoms with Gasteiger partial charge in [-0.25, -0.2) is 9.78 Å². The van der Waals surface area contributed by atoms with Gasteiger partial charge in [-0.05, 0) is 12.1 Å². The van der Waals surface area contributed by atoms with E-state index in [2.05, 4.69) is 4.98 Å². The summed E-state index contributed by atoms with van der Waals surface area (Å²) in [6.07, 6.45) is 0. The summed E-state index contributed by atoms with van der Waals surface area (Å²) in [5, 5.41) is 0.825. The largest absolute Gasteiger partial charge is 0.459 e. The average Bonchev–Trinajstić information content (AvgIpc) is 2.39. The van der Waals surface area contributed by atoms with Gasteiger partial charge in [0.25, 0.3) is 0 Å². The van der Waals surface area contributed by atoms with Crippen LogP contribution in [0.25, 0.3) is 10.9 Å². The van der Waals surface area contributed by atoms with Crippen LogP contribution in [-0.2, 0) is 9.47 Å². The van der Waals surface area contributed by atoms with Gasteiger partial charge in [-0.3, -0.25) is 0 Å². The summed E-state index contributed by atoms with van der Waals surface area (Å²) >= 11 is 0. The fraction of sp³-hybridized carbons (Fsp3) is 0.231. The van der Waals surface area contributed by atoms with Gasteiger partial charge in [-0.2, -0.15) is 0 Å². The molecule has 0 bridgehead atoms. The molecule has 1 heterocycles. The molecule has 94 valence electrons. The Balaban J connectivity index is 2.26. The van der Waals surface area contributed by atoms with Crippen molar-refractivity contribution in [1.29, 1.82) is 0 Å². The number of aromatic nitrogens is 1. The van der Waals surface area contributed by atoms with Gasteiger partial charge in [-0.1, -0.05) is 18.2 Å². The van der Waals surface area contributed by atoms with E-state index in [1.807, 2.05) is 18.2 Å². The molecule has 0 spiro atoms. The Morgan fingerprint density at radius 2 is 2.11 bits per heavy atom. The van der Waals surface area contributed by atoms with Crippen molar-refractivity contribution in [3.8, 4) is 0 Å². The molecule has 0 atom stereocenters. The molecule has 1 aromatic heterocycles. The normalized spacial score (nSPS) is 10.5. The quantitative estimate of drug-likeness (QED) is 0.655. The summed E-state index contributed by atoms with van der Waals surface area (Å²) < 4.78 is 9.79. The first-order chi connectivity index (χ1) is 8.72. The first-order valence-electron chi connectivity index (χ1n) is 5.53. The van der Waals surface area contributed by atoms with Crippen molar-refractivity contribution in [2.45, 2.75) is 0 Å². The summed E-state index contributed by atoms with van der Waals surface area (Å²) in [7, 11) is 1.54. The van der Waals surface area contributed by atoms with Crippen LogP contribution in [0.2, 0.25) is 0 Å². The average molecular weight is 246 g/mol. The van der Waals surface area contributed by atoms with Gasteiger partial charge in [0.2, 0.25) is 0 Å². The zero-order valence-electron chi connectivity index (χ0n) is 10.1. The summed E-state index contributed by atoms with van der Waals surface area (Å²) in [4.78, 5) is 15.9. The zero-order valence-corrected chi connectivity index (χ0v) is 10.1. The maximum Gasteiger partial charge on any atom is 0.357 e. The lowest BCUT2D eigenvalue weighted by atomic mass is 10.1. The highest BCUT2D eigenvalue weighted by atomic mass is 16.6. The van der Waals surface area contributed by atoms with Gasteiger partial charge in [0.05, 0.1) is 12.1 Å². The van der Waals surface area contributed by atoms with Crippen molar-refractivity contribution in [3.05, 3.63) is 36.0 Å². The number of benzene rings is 1. The van der Waals surface area contributed by atoms with Gasteiger partial charge in [-0.15, -0.1) is 0 Å². The molecule has 0 fully saturated rings. The van der Waals surface area contributed by atoms with Crippen molar-refractivity contribution in [3.63, 3.8) is 0 Å². The third-order valence-electron chi connectivity index (χ3n) is 2.48. The van der Waals surface area contributed by atoms with Gasteiger partial charge in [0, 0.05) is 18.2 Å². The minimum Gasteiger partial charge on any atom is -0.459 e. The SMILES string of the molecule is COCCOC(=O)c1cc(N)c2ccccc2n1. The van der Waals surface area contributed by atoms with Crippen LogP contribution in [0.1, 0.15) is 10.5 Å². The first-order valence-corrected chi connectivity index (χ1v) is 5.53. The molecule has 0 radical (unpaired) electrons. The molecule has 5 heteroatoms. The predicted molar refractivity (Wildman–Crippen MR) is 68.3 cm³/mol. The lowest BCUT2D eigenvalue weighted by Gasteiger charge is -2.06. The van der Waals surface area contributed by atoms with Crippen LogP contribution in [-0.4, -0.2) is 31.3 Å². The number of hydrogen-bond acceptors (Lipinski definition) is 5. The van der Waals surface area contributed by atoms with E-state index in [1.165, 1.54) is 6.07 Å². The predicted octanol–water partition coefficient (Wildman–Crippen LogP) is 1.62. The summed E-state index contributed by atoms with van der Waals surface area (Å²) in [5.74, 6) is -0.496. The summed E-state index contributed by atoms with van der Waals surface area (Å²) in [5.41, 5.74) is 7.28. The molecule has 0 saturated heterocycles. The van der Waals surface area contributed by atoms with Crippen molar-refractivity contribution in [2.24, 2.45) is 0 Å². The third kappa shape index (κ3) is 2.57. The van der Waals surface area contributed by atoms with Gasteiger partial charge >= 0.3 is 5.97 Å². The Morgan fingerprint density at radius 1 is 1.33 bits per heavy atom. The Kier molecular flexibility index (Phi) is 3.74.